The number of primary amides is 1. The SMILES string of the molecule is CCC(C)CC(CC)NCCNC(N)=O. The van der Waals surface area contributed by atoms with Gasteiger partial charge in [0.1, 0.15) is 0 Å². The average molecular weight is 215 g/mol. The molecule has 0 radical (unpaired) electrons. The van der Waals surface area contributed by atoms with Gasteiger partial charge in [0.05, 0.1) is 0 Å². The topological polar surface area (TPSA) is 67.2 Å². The number of amides is 2. The molecule has 0 spiro atoms. The van der Waals surface area contributed by atoms with Gasteiger partial charge < -0.3 is 16.4 Å². The molecule has 0 bridgehead atoms. The van der Waals surface area contributed by atoms with Crippen LogP contribution in [-0.2, 0) is 0 Å². The van der Waals surface area contributed by atoms with E-state index in [0.717, 1.165) is 18.9 Å². The first-order valence-corrected chi connectivity index (χ1v) is 5.86. The van der Waals surface area contributed by atoms with Crippen molar-refractivity contribution in [2.24, 2.45) is 11.7 Å². The third kappa shape index (κ3) is 8.24. The zero-order chi connectivity index (χ0) is 11.7. The number of nitrogens with one attached hydrogen (secondary N) is 2. The molecule has 0 rings (SSSR count). The van der Waals surface area contributed by atoms with Crippen LogP contribution >= 0.6 is 0 Å². The van der Waals surface area contributed by atoms with Gasteiger partial charge in [-0.05, 0) is 18.8 Å². The van der Waals surface area contributed by atoms with Crippen molar-refractivity contribution in [3.63, 3.8) is 0 Å². The van der Waals surface area contributed by atoms with Crippen molar-refractivity contribution in [2.45, 2.75) is 46.1 Å². The molecule has 4 nitrogen and oxygen atoms in total. The number of hydrogen-bond acceptors (Lipinski definition) is 2. The van der Waals surface area contributed by atoms with E-state index in [2.05, 4.69) is 31.4 Å². The molecule has 2 atom stereocenters. The molecule has 4 N–H and O–H groups in total. The molecule has 0 aromatic carbocycles. The van der Waals surface area contributed by atoms with E-state index in [4.69, 9.17) is 5.73 Å². The standard InChI is InChI=1S/C11H25N3O/c1-4-9(3)8-10(5-2)13-6-7-14-11(12)15/h9-10,13H,4-8H2,1-3H3,(H3,12,14,15). The van der Waals surface area contributed by atoms with Crippen molar-refractivity contribution in [3.05, 3.63) is 0 Å². The van der Waals surface area contributed by atoms with Crippen molar-refractivity contribution in [1.82, 2.24) is 10.6 Å². The van der Waals surface area contributed by atoms with E-state index in [1.807, 2.05) is 0 Å². The minimum atomic E-state index is -0.452. The highest BCUT2D eigenvalue weighted by molar-refractivity contribution is 5.71. The van der Waals surface area contributed by atoms with Crippen LogP contribution in [0.15, 0.2) is 0 Å². The summed E-state index contributed by atoms with van der Waals surface area (Å²) in [5.41, 5.74) is 4.97. The highest BCUT2D eigenvalue weighted by atomic mass is 16.2. The molecule has 2 unspecified atom stereocenters. The highest BCUT2D eigenvalue weighted by Gasteiger charge is 2.09. The maximum absolute atomic E-state index is 10.4. The van der Waals surface area contributed by atoms with Crippen LogP contribution < -0.4 is 16.4 Å². The lowest BCUT2D eigenvalue weighted by molar-refractivity contribution is 0.248. The van der Waals surface area contributed by atoms with Gasteiger partial charge in [-0.2, -0.15) is 0 Å². The number of nitrogens with two attached hydrogens (primary N) is 1. The van der Waals surface area contributed by atoms with Crippen molar-refractivity contribution in [2.75, 3.05) is 13.1 Å². The summed E-state index contributed by atoms with van der Waals surface area (Å²) in [5.74, 6) is 0.756. The molecule has 0 saturated carbocycles. The normalized spacial score (nSPS) is 14.6. The number of carbonyl (C=O) groups excluding carboxylic acids is 1. The summed E-state index contributed by atoms with van der Waals surface area (Å²) in [4.78, 5) is 10.4. The van der Waals surface area contributed by atoms with Crippen LogP contribution in [0.5, 0.6) is 0 Å². The van der Waals surface area contributed by atoms with Gasteiger partial charge in [0.25, 0.3) is 0 Å². The first kappa shape index (κ1) is 14.2. The number of urea groups is 1. The number of carbonyl (C=O) groups is 1. The summed E-state index contributed by atoms with van der Waals surface area (Å²) in [7, 11) is 0. The Hall–Kier alpha value is -0.770. The molecule has 0 fully saturated rings. The summed E-state index contributed by atoms with van der Waals surface area (Å²) in [6.45, 7) is 8.06. The lowest BCUT2D eigenvalue weighted by Crippen LogP contribution is -2.39. The van der Waals surface area contributed by atoms with Crippen LogP contribution in [0.4, 0.5) is 4.79 Å². The summed E-state index contributed by atoms with van der Waals surface area (Å²) < 4.78 is 0. The molecule has 0 heterocycles. The van der Waals surface area contributed by atoms with Gasteiger partial charge in [0.15, 0.2) is 0 Å². The molecule has 0 aliphatic carbocycles. The van der Waals surface area contributed by atoms with E-state index < -0.39 is 6.03 Å². The van der Waals surface area contributed by atoms with Crippen LogP contribution in [0, 0.1) is 5.92 Å². The van der Waals surface area contributed by atoms with Gasteiger partial charge in [-0.1, -0.05) is 27.2 Å². The maximum Gasteiger partial charge on any atom is 0.312 e. The molecule has 0 aromatic heterocycles. The molecular weight excluding hydrogens is 190 g/mol. The van der Waals surface area contributed by atoms with E-state index in [-0.39, 0.29) is 0 Å². The fourth-order valence-corrected chi connectivity index (χ4v) is 1.51. The molecule has 90 valence electrons. The number of hydrogen-bond donors (Lipinski definition) is 3. The van der Waals surface area contributed by atoms with Crippen molar-refractivity contribution in [1.29, 1.82) is 0 Å². The second kappa shape index (κ2) is 8.53. The Kier molecular flexibility index (Phi) is 8.09. The Morgan fingerprint density at radius 1 is 1.27 bits per heavy atom. The van der Waals surface area contributed by atoms with Crippen LogP contribution in [0.1, 0.15) is 40.0 Å². The molecular formula is C11H25N3O. The summed E-state index contributed by atoms with van der Waals surface area (Å²) >= 11 is 0. The van der Waals surface area contributed by atoms with Gasteiger partial charge in [-0.3, -0.25) is 0 Å². The Morgan fingerprint density at radius 3 is 2.40 bits per heavy atom. The van der Waals surface area contributed by atoms with Gasteiger partial charge in [0.2, 0.25) is 0 Å². The van der Waals surface area contributed by atoms with Gasteiger partial charge in [-0.25, -0.2) is 4.79 Å². The molecule has 0 saturated heterocycles. The minimum Gasteiger partial charge on any atom is -0.352 e. The zero-order valence-corrected chi connectivity index (χ0v) is 10.2. The largest absolute Gasteiger partial charge is 0.352 e. The van der Waals surface area contributed by atoms with Crippen molar-refractivity contribution < 1.29 is 4.79 Å². The van der Waals surface area contributed by atoms with Crippen molar-refractivity contribution >= 4 is 6.03 Å². The second-order valence-electron chi connectivity index (χ2n) is 4.10. The first-order valence-electron chi connectivity index (χ1n) is 5.86. The Morgan fingerprint density at radius 2 is 1.93 bits per heavy atom. The Bertz CT molecular complexity index is 173. The summed E-state index contributed by atoms with van der Waals surface area (Å²) in [6, 6.07) is 0.0985. The fraction of sp³-hybridized carbons (Fsp3) is 0.909. The average Bonchev–Trinajstić information content (AvgIpc) is 2.21. The molecule has 2 amide bonds. The lowest BCUT2D eigenvalue weighted by Gasteiger charge is -2.20. The third-order valence-electron chi connectivity index (χ3n) is 2.73. The van der Waals surface area contributed by atoms with Gasteiger partial charge >= 0.3 is 6.03 Å². The molecule has 15 heavy (non-hydrogen) atoms. The van der Waals surface area contributed by atoms with Gasteiger partial charge in [0, 0.05) is 19.1 Å². The van der Waals surface area contributed by atoms with Crippen LogP contribution in [-0.4, -0.2) is 25.2 Å². The monoisotopic (exact) mass is 215 g/mol. The van der Waals surface area contributed by atoms with E-state index >= 15 is 0 Å². The molecule has 4 heteroatoms. The molecule has 0 aromatic rings. The highest BCUT2D eigenvalue weighted by Crippen LogP contribution is 2.11. The smallest absolute Gasteiger partial charge is 0.312 e. The minimum absolute atomic E-state index is 0.452. The maximum atomic E-state index is 10.4. The molecule has 0 aliphatic heterocycles. The van der Waals surface area contributed by atoms with E-state index in [9.17, 15) is 4.79 Å². The second-order valence-corrected chi connectivity index (χ2v) is 4.10. The van der Waals surface area contributed by atoms with Crippen LogP contribution in [0.2, 0.25) is 0 Å². The number of rotatable bonds is 8. The summed E-state index contributed by atoms with van der Waals surface area (Å²) in [5, 5.41) is 5.99. The zero-order valence-electron chi connectivity index (χ0n) is 10.2. The third-order valence-corrected chi connectivity index (χ3v) is 2.73. The quantitative estimate of drug-likeness (QED) is 0.537. The molecule has 0 aliphatic rings. The first-order chi connectivity index (χ1) is 7.10. The fourth-order valence-electron chi connectivity index (χ4n) is 1.51. The predicted molar refractivity (Wildman–Crippen MR) is 63.7 cm³/mol. The Balaban J connectivity index is 3.56. The summed E-state index contributed by atoms with van der Waals surface area (Å²) in [6.07, 6.45) is 3.54. The van der Waals surface area contributed by atoms with Crippen molar-refractivity contribution in [3.8, 4) is 0 Å². The van der Waals surface area contributed by atoms with Crippen LogP contribution in [0.3, 0.4) is 0 Å². The van der Waals surface area contributed by atoms with E-state index in [1.165, 1.54) is 12.8 Å². The van der Waals surface area contributed by atoms with E-state index in [1.54, 1.807) is 0 Å². The van der Waals surface area contributed by atoms with Crippen LogP contribution in [0.25, 0.3) is 0 Å². The predicted octanol–water partition coefficient (Wildman–Crippen LogP) is 1.46. The lowest BCUT2D eigenvalue weighted by atomic mass is 9.98. The van der Waals surface area contributed by atoms with E-state index in [0.29, 0.717) is 12.6 Å². The Labute approximate surface area is 93.0 Å². The van der Waals surface area contributed by atoms with Gasteiger partial charge in [-0.15, -0.1) is 0 Å².